The van der Waals surface area contributed by atoms with Gasteiger partial charge in [0.2, 0.25) is 0 Å². The lowest BCUT2D eigenvalue weighted by Gasteiger charge is -2.24. The number of likely N-dealkylation sites (tertiary alicyclic amines) is 1. The molecule has 18 heavy (non-hydrogen) atoms. The van der Waals surface area contributed by atoms with Gasteiger partial charge < -0.3 is 10.4 Å². The maximum absolute atomic E-state index is 10.5. The second kappa shape index (κ2) is 6.52. The van der Waals surface area contributed by atoms with E-state index in [2.05, 4.69) is 34.5 Å². The van der Waals surface area contributed by atoms with Crippen LogP contribution in [0.5, 0.6) is 0 Å². The highest BCUT2D eigenvalue weighted by Gasteiger charge is 2.23. The first-order chi connectivity index (χ1) is 8.75. The summed E-state index contributed by atoms with van der Waals surface area (Å²) in [6.07, 6.45) is 2.35. The number of nitrogens with zero attached hydrogens (tertiary/aromatic N) is 1. The molecule has 98 valence electrons. The van der Waals surface area contributed by atoms with Crippen LogP contribution in [0.4, 0.5) is 0 Å². The third-order valence-corrected chi connectivity index (χ3v) is 3.38. The molecule has 0 amide bonds. The summed E-state index contributed by atoms with van der Waals surface area (Å²) in [5.41, 5.74) is 1.32. The number of carboxylic acids is 1. The minimum atomic E-state index is -0.789. The lowest BCUT2D eigenvalue weighted by molar-refractivity contribution is -0.136. The van der Waals surface area contributed by atoms with Gasteiger partial charge in [0, 0.05) is 19.1 Å². The van der Waals surface area contributed by atoms with Crippen LogP contribution in [-0.2, 0) is 11.3 Å². The van der Waals surface area contributed by atoms with Crippen molar-refractivity contribution in [2.45, 2.75) is 25.4 Å². The van der Waals surface area contributed by atoms with Gasteiger partial charge in [0.1, 0.15) is 0 Å². The number of carboxylic acid groups (broad SMARTS) is 1. The fourth-order valence-electron chi connectivity index (χ4n) is 2.50. The van der Waals surface area contributed by atoms with Gasteiger partial charge in [-0.3, -0.25) is 9.69 Å². The molecule has 2 N–H and O–H groups in total. The summed E-state index contributed by atoms with van der Waals surface area (Å²) >= 11 is 0. The Morgan fingerprint density at radius 2 is 2.17 bits per heavy atom. The maximum Gasteiger partial charge on any atom is 0.317 e. The van der Waals surface area contributed by atoms with E-state index in [9.17, 15) is 4.79 Å². The van der Waals surface area contributed by atoms with Gasteiger partial charge in [-0.05, 0) is 24.9 Å². The number of nitrogens with one attached hydrogen (secondary N) is 1. The highest BCUT2D eigenvalue weighted by Crippen LogP contribution is 2.19. The van der Waals surface area contributed by atoms with Gasteiger partial charge in [0.25, 0.3) is 0 Å². The first kappa shape index (κ1) is 13.1. The van der Waals surface area contributed by atoms with Crippen molar-refractivity contribution in [2.75, 3.05) is 19.6 Å². The topological polar surface area (TPSA) is 52.6 Å². The average molecular weight is 248 g/mol. The van der Waals surface area contributed by atoms with Crippen LogP contribution in [0.1, 0.15) is 18.4 Å². The third kappa shape index (κ3) is 3.82. The van der Waals surface area contributed by atoms with Crippen LogP contribution < -0.4 is 5.32 Å². The molecule has 0 aromatic heterocycles. The van der Waals surface area contributed by atoms with Crippen LogP contribution in [0.2, 0.25) is 0 Å². The molecule has 0 radical (unpaired) electrons. The van der Waals surface area contributed by atoms with Gasteiger partial charge in [-0.1, -0.05) is 30.3 Å². The summed E-state index contributed by atoms with van der Waals surface area (Å²) in [4.78, 5) is 12.9. The SMILES string of the molecule is O=C(O)CNCC1CCCN1Cc1ccccc1. The Kier molecular flexibility index (Phi) is 4.73. The second-order valence-corrected chi connectivity index (χ2v) is 4.78. The molecule has 1 aliphatic heterocycles. The molecule has 2 rings (SSSR count). The minimum Gasteiger partial charge on any atom is -0.480 e. The van der Waals surface area contributed by atoms with Gasteiger partial charge in [-0.25, -0.2) is 0 Å². The van der Waals surface area contributed by atoms with Crippen LogP contribution in [0.25, 0.3) is 0 Å². The highest BCUT2D eigenvalue weighted by molar-refractivity contribution is 5.68. The Morgan fingerprint density at radius 3 is 2.89 bits per heavy atom. The van der Waals surface area contributed by atoms with E-state index in [1.165, 1.54) is 12.0 Å². The molecular weight excluding hydrogens is 228 g/mol. The van der Waals surface area contributed by atoms with Gasteiger partial charge in [-0.2, -0.15) is 0 Å². The lowest BCUT2D eigenvalue weighted by atomic mass is 10.2. The molecule has 4 heteroatoms. The second-order valence-electron chi connectivity index (χ2n) is 4.78. The standard InChI is InChI=1S/C14H20N2O2/c17-14(18)10-15-9-13-7-4-8-16(13)11-12-5-2-1-3-6-12/h1-3,5-6,13,15H,4,7-11H2,(H,17,18). The molecule has 0 bridgehead atoms. The smallest absolute Gasteiger partial charge is 0.317 e. The zero-order valence-corrected chi connectivity index (χ0v) is 10.5. The van der Waals surface area contributed by atoms with E-state index in [1.807, 2.05) is 6.07 Å². The van der Waals surface area contributed by atoms with Crippen LogP contribution in [0.3, 0.4) is 0 Å². The van der Waals surface area contributed by atoms with Gasteiger partial charge in [-0.15, -0.1) is 0 Å². The van der Waals surface area contributed by atoms with Crippen LogP contribution in [-0.4, -0.2) is 41.7 Å². The molecular formula is C14H20N2O2. The number of hydrogen-bond donors (Lipinski definition) is 2. The Balaban J connectivity index is 1.82. The average Bonchev–Trinajstić information content (AvgIpc) is 2.78. The van der Waals surface area contributed by atoms with E-state index in [0.717, 1.165) is 26.1 Å². The van der Waals surface area contributed by atoms with E-state index in [-0.39, 0.29) is 6.54 Å². The predicted octanol–water partition coefficient (Wildman–Crippen LogP) is 1.33. The van der Waals surface area contributed by atoms with Gasteiger partial charge >= 0.3 is 5.97 Å². The van der Waals surface area contributed by atoms with E-state index < -0.39 is 5.97 Å². The normalized spacial score (nSPS) is 20.1. The predicted molar refractivity (Wildman–Crippen MR) is 70.4 cm³/mol. The first-order valence-electron chi connectivity index (χ1n) is 6.46. The van der Waals surface area contributed by atoms with Crippen LogP contribution in [0.15, 0.2) is 30.3 Å². The minimum absolute atomic E-state index is 0.0513. The molecule has 1 fully saturated rings. The summed E-state index contributed by atoms with van der Waals surface area (Å²) in [7, 11) is 0. The van der Waals surface area contributed by atoms with E-state index >= 15 is 0 Å². The van der Waals surface area contributed by atoms with Crippen LogP contribution >= 0.6 is 0 Å². The fourth-order valence-corrected chi connectivity index (χ4v) is 2.50. The van der Waals surface area contributed by atoms with Crippen molar-refractivity contribution in [3.8, 4) is 0 Å². The summed E-state index contributed by atoms with van der Waals surface area (Å²) < 4.78 is 0. The Labute approximate surface area is 108 Å². The molecule has 1 unspecified atom stereocenters. The van der Waals surface area contributed by atoms with Crippen molar-refractivity contribution in [1.29, 1.82) is 0 Å². The lowest BCUT2D eigenvalue weighted by Crippen LogP contribution is -2.39. The van der Waals surface area contributed by atoms with E-state index in [1.54, 1.807) is 0 Å². The molecule has 0 saturated carbocycles. The monoisotopic (exact) mass is 248 g/mol. The molecule has 1 aromatic carbocycles. The van der Waals surface area contributed by atoms with Crippen molar-refractivity contribution in [3.05, 3.63) is 35.9 Å². The van der Waals surface area contributed by atoms with Crippen LogP contribution in [0, 0.1) is 0 Å². The molecule has 4 nitrogen and oxygen atoms in total. The Bertz CT molecular complexity index is 381. The Morgan fingerprint density at radius 1 is 1.39 bits per heavy atom. The summed E-state index contributed by atoms with van der Waals surface area (Å²) in [5, 5.41) is 11.6. The van der Waals surface area contributed by atoms with Crippen molar-refractivity contribution >= 4 is 5.97 Å². The molecule has 1 heterocycles. The Hall–Kier alpha value is -1.39. The number of aliphatic carboxylic acids is 1. The van der Waals surface area contributed by atoms with Crippen molar-refractivity contribution < 1.29 is 9.90 Å². The summed E-state index contributed by atoms with van der Waals surface area (Å²) in [5.74, 6) is -0.789. The fraction of sp³-hybridized carbons (Fsp3) is 0.500. The summed E-state index contributed by atoms with van der Waals surface area (Å²) in [6.45, 7) is 2.88. The first-order valence-corrected chi connectivity index (χ1v) is 6.46. The molecule has 1 saturated heterocycles. The quantitative estimate of drug-likeness (QED) is 0.797. The zero-order valence-electron chi connectivity index (χ0n) is 10.5. The molecule has 0 spiro atoms. The third-order valence-electron chi connectivity index (χ3n) is 3.38. The van der Waals surface area contributed by atoms with Gasteiger partial charge in [0.05, 0.1) is 6.54 Å². The van der Waals surface area contributed by atoms with Crippen molar-refractivity contribution in [1.82, 2.24) is 10.2 Å². The number of carbonyl (C=O) groups is 1. The molecule has 1 atom stereocenters. The maximum atomic E-state index is 10.5. The number of benzene rings is 1. The number of rotatable bonds is 6. The van der Waals surface area contributed by atoms with E-state index in [4.69, 9.17) is 5.11 Å². The largest absolute Gasteiger partial charge is 0.480 e. The molecule has 0 aliphatic carbocycles. The van der Waals surface area contributed by atoms with Crippen molar-refractivity contribution in [2.24, 2.45) is 0 Å². The van der Waals surface area contributed by atoms with Crippen molar-refractivity contribution in [3.63, 3.8) is 0 Å². The highest BCUT2D eigenvalue weighted by atomic mass is 16.4. The number of hydrogen-bond acceptors (Lipinski definition) is 3. The van der Waals surface area contributed by atoms with Gasteiger partial charge in [0.15, 0.2) is 0 Å². The zero-order chi connectivity index (χ0) is 12.8. The molecule has 1 aliphatic rings. The molecule has 1 aromatic rings. The summed E-state index contributed by atoms with van der Waals surface area (Å²) in [6, 6.07) is 10.9. The van der Waals surface area contributed by atoms with E-state index in [0.29, 0.717) is 6.04 Å².